The van der Waals surface area contributed by atoms with E-state index in [9.17, 15) is 8.42 Å². The van der Waals surface area contributed by atoms with Gasteiger partial charge in [-0.15, -0.1) is 0 Å². The van der Waals surface area contributed by atoms with Crippen LogP contribution in [0.25, 0.3) is 0 Å². The van der Waals surface area contributed by atoms with E-state index < -0.39 is 9.05 Å². The summed E-state index contributed by atoms with van der Waals surface area (Å²) in [5.41, 5.74) is 0.807. The van der Waals surface area contributed by atoms with Gasteiger partial charge in [-0.2, -0.15) is 0 Å². The number of benzene rings is 1. The zero-order valence-electron chi connectivity index (χ0n) is 8.90. The Labute approximate surface area is 95.7 Å². The summed E-state index contributed by atoms with van der Waals surface area (Å²) in [6.07, 6.45) is 1.71. The van der Waals surface area contributed by atoms with Gasteiger partial charge in [-0.25, -0.2) is 8.42 Å². The second-order valence-corrected chi connectivity index (χ2v) is 6.51. The van der Waals surface area contributed by atoms with Crippen LogP contribution in [0.3, 0.4) is 0 Å². The lowest BCUT2D eigenvalue weighted by Gasteiger charge is -2.08. The maximum Gasteiger partial charge on any atom is 0.261 e. The summed E-state index contributed by atoms with van der Waals surface area (Å²) in [6, 6.07) is 6.89. The van der Waals surface area contributed by atoms with Gasteiger partial charge in [0.15, 0.2) is 0 Å². The fourth-order valence-electron chi connectivity index (χ4n) is 1.39. The smallest absolute Gasteiger partial charge is 0.207 e. The molecule has 0 spiro atoms. The van der Waals surface area contributed by atoms with Gasteiger partial charge >= 0.3 is 0 Å². The Hall–Kier alpha value is -0.540. The first-order valence-corrected chi connectivity index (χ1v) is 7.24. The van der Waals surface area contributed by atoms with Crippen LogP contribution >= 0.6 is 10.7 Å². The van der Waals surface area contributed by atoms with Gasteiger partial charge in [-0.3, -0.25) is 0 Å². The van der Waals surface area contributed by atoms with Crippen molar-refractivity contribution < 1.29 is 8.42 Å². The minimum absolute atomic E-state index is 0.243. The van der Waals surface area contributed by atoms with Gasteiger partial charge < -0.3 is 0 Å². The maximum atomic E-state index is 11.3. The Bertz CT molecular complexity index is 424. The van der Waals surface area contributed by atoms with E-state index >= 15 is 0 Å². The molecule has 0 aromatic heterocycles. The van der Waals surface area contributed by atoms with Gasteiger partial charge in [0.05, 0.1) is 4.90 Å². The van der Waals surface area contributed by atoms with E-state index in [0.717, 1.165) is 18.4 Å². The molecule has 0 amide bonds. The molecule has 0 heterocycles. The highest BCUT2D eigenvalue weighted by Gasteiger charge is 2.14. The fraction of sp³-hybridized carbons (Fsp3) is 0.455. The molecule has 0 saturated carbocycles. The average molecular weight is 247 g/mol. The van der Waals surface area contributed by atoms with E-state index in [0.29, 0.717) is 5.92 Å². The van der Waals surface area contributed by atoms with Crippen molar-refractivity contribution in [2.75, 3.05) is 0 Å². The third-order valence-corrected chi connectivity index (χ3v) is 3.65. The van der Waals surface area contributed by atoms with Crippen LogP contribution in [0.4, 0.5) is 0 Å². The van der Waals surface area contributed by atoms with Crippen LogP contribution in [0.5, 0.6) is 0 Å². The van der Waals surface area contributed by atoms with Crippen molar-refractivity contribution in [1.29, 1.82) is 0 Å². The van der Waals surface area contributed by atoms with Crippen LogP contribution in [0.1, 0.15) is 25.8 Å². The highest BCUT2D eigenvalue weighted by atomic mass is 35.7. The lowest BCUT2D eigenvalue weighted by molar-refractivity contribution is 0.579. The van der Waals surface area contributed by atoms with Crippen molar-refractivity contribution in [2.24, 2.45) is 5.92 Å². The third-order valence-electron chi connectivity index (χ3n) is 2.23. The van der Waals surface area contributed by atoms with E-state index in [1.165, 1.54) is 0 Å². The van der Waals surface area contributed by atoms with Gasteiger partial charge in [0, 0.05) is 10.7 Å². The highest BCUT2D eigenvalue weighted by molar-refractivity contribution is 8.13. The minimum Gasteiger partial charge on any atom is -0.207 e. The molecule has 0 aliphatic rings. The fourth-order valence-corrected chi connectivity index (χ4v) is 2.57. The number of aryl methyl sites for hydroxylation is 1. The van der Waals surface area contributed by atoms with Crippen LogP contribution < -0.4 is 0 Å². The first kappa shape index (κ1) is 12.5. The molecule has 1 aromatic carbocycles. The number of rotatable bonds is 4. The molecule has 15 heavy (non-hydrogen) atoms. The number of hydrogen-bond acceptors (Lipinski definition) is 2. The summed E-state index contributed by atoms with van der Waals surface area (Å²) in [6.45, 7) is 4.22. The monoisotopic (exact) mass is 246 g/mol. The predicted molar refractivity (Wildman–Crippen MR) is 62.6 cm³/mol. The largest absolute Gasteiger partial charge is 0.261 e. The Morgan fingerprint density at radius 2 is 1.87 bits per heavy atom. The SMILES string of the molecule is CC(C)CCc1ccccc1S(=O)(=O)Cl. The molecule has 0 fully saturated rings. The van der Waals surface area contributed by atoms with E-state index in [-0.39, 0.29) is 4.90 Å². The van der Waals surface area contributed by atoms with Crippen molar-refractivity contribution in [2.45, 2.75) is 31.6 Å². The topological polar surface area (TPSA) is 34.1 Å². The first-order valence-electron chi connectivity index (χ1n) is 4.94. The number of hydrogen-bond donors (Lipinski definition) is 0. The molecule has 84 valence electrons. The second-order valence-electron chi connectivity index (χ2n) is 3.98. The molecule has 2 nitrogen and oxygen atoms in total. The molecule has 0 aliphatic carbocycles. The summed E-state index contributed by atoms with van der Waals surface area (Å²) in [5.74, 6) is 0.552. The Morgan fingerprint density at radius 1 is 1.27 bits per heavy atom. The quantitative estimate of drug-likeness (QED) is 0.765. The van der Waals surface area contributed by atoms with Crippen LogP contribution in [-0.2, 0) is 15.5 Å². The summed E-state index contributed by atoms with van der Waals surface area (Å²) >= 11 is 0. The Kier molecular flexibility index (Phi) is 4.17. The highest BCUT2D eigenvalue weighted by Crippen LogP contribution is 2.21. The molecule has 1 aromatic rings. The summed E-state index contributed by atoms with van der Waals surface area (Å²) in [5, 5.41) is 0. The molecule has 0 bridgehead atoms. The third kappa shape index (κ3) is 3.84. The van der Waals surface area contributed by atoms with Crippen molar-refractivity contribution in [3.8, 4) is 0 Å². The Morgan fingerprint density at radius 3 is 2.40 bits per heavy atom. The Balaban J connectivity index is 2.98. The van der Waals surface area contributed by atoms with Crippen LogP contribution in [0.2, 0.25) is 0 Å². The van der Waals surface area contributed by atoms with Gasteiger partial charge in [-0.05, 0) is 30.4 Å². The molecule has 0 aliphatic heterocycles. The molecule has 0 atom stereocenters. The first-order chi connectivity index (χ1) is 6.91. The van der Waals surface area contributed by atoms with E-state index in [4.69, 9.17) is 10.7 Å². The summed E-state index contributed by atoms with van der Waals surface area (Å²) in [7, 11) is 1.74. The predicted octanol–water partition coefficient (Wildman–Crippen LogP) is 3.20. The van der Waals surface area contributed by atoms with Crippen molar-refractivity contribution in [1.82, 2.24) is 0 Å². The van der Waals surface area contributed by atoms with Crippen molar-refractivity contribution in [3.05, 3.63) is 29.8 Å². The second kappa shape index (κ2) is 4.99. The standard InChI is InChI=1S/C11H15ClO2S/c1-9(2)7-8-10-5-3-4-6-11(10)15(12,13)14/h3-6,9H,7-8H2,1-2H3. The maximum absolute atomic E-state index is 11.3. The zero-order chi connectivity index (χ0) is 11.5. The van der Waals surface area contributed by atoms with Crippen LogP contribution in [0.15, 0.2) is 29.2 Å². The molecular weight excluding hydrogens is 232 g/mol. The summed E-state index contributed by atoms with van der Waals surface area (Å²) in [4.78, 5) is 0.243. The van der Waals surface area contributed by atoms with Crippen LogP contribution in [0, 0.1) is 5.92 Å². The minimum atomic E-state index is -3.61. The lowest BCUT2D eigenvalue weighted by atomic mass is 10.0. The zero-order valence-corrected chi connectivity index (χ0v) is 10.5. The molecule has 0 unspecified atom stereocenters. The van der Waals surface area contributed by atoms with Crippen LogP contribution in [-0.4, -0.2) is 8.42 Å². The van der Waals surface area contributed by atoms with Crippen molar-refractivity contribution >= 4 is 19.7 Å². The van der Waals surface area contributed by atoms with E-state index in [2.05, 4.69) is 13.8 Å². The molecule has 0 saturated heterocycles. The number of halogens is 1. The normalized spacial score (nSPS) is 12.0. The van der Waals surface area contributed by atoms with Gasteiger partial charge in [0.25, 0.3) is 9.05 Å². The lowest BCUT2D eigenvalue weighted by Crippen LogP contribution is -2.00. The molecular formula is C11H15ClO2S. The molecule has 4 heteroatoms. The van der Waals surface area contributed by atoms with Gasteiger partial charge in [-0.1, -0.05) is 32.0 Å². The molecule has 0 radical (unpaired) electrons. The van der Waals surface area contributed by atoms with Gasteiger partial charge in [0.2, 0.25) is 0 Å². The summed E-state index contributed by atoms with van der Waals surface area (Å²) < 4.78 is 22.5. The van der Waals surface area contributed by atoms with Crippen molar-refractivity contribution in [3.63, 3.8) is 0 Å². The molecule has 1 rings (SSSR count). The molecule has 0 N–H and O–H groups in total. The average Bonchev–Trinajstić information content (AvgIpc) is 2.13. The van der Waals surface area contributed by atoms with Gasteiger partial charge in [0.1, 0.15) is 0 Å². The van der Waals surface area contributed by atoms with E-state index in [1.807, 2.05) is 12.1 Å². The van der Waals surface area contributed by atoms with E-state index in [1.54, 1.807) is 12.1 Å².